The maximum atomic E-state index is 13.1. The highest BCUT2D eigenvalue weighted by molar-refractivity contribution is 6.17. The number of carbonyl (C=O) groups is 3. The van der Waals surface area contributed by atoms with Gasteiger partial charge >= 0.3 is 0 Å². The van der Waals surface area contributed by atoms with Crippen molar-refractivity contribution in [3.63, 3.8) is 0 Å². The second kappa shape index (κ2) is 10.3. The summed E-state index contributed by atoms with van der Waals surface area (Å²) in [6, 6.07) is 18.0. The molecule has 6 rings (SSSR count). The number of nitrogen functional groups attached to an aromatic ring is 1. The summed E-state index contributed by atoms with van der Waals surface area (Å²) >= 11 is 0. The molecule has 0 unspecified atom stereocenters. The fourth-order valence-corrected chi connectivity index (χ4v) is 4.96. The molecule has 1 aliphatic heterocycles. The van der Waals surface area contributed by atoms with E-state index in [0.717, 1.165) is 11.4 Å². The van der Waals surface area contributed by atoms with Gasteiger partial charge in [-0.1, -0.05) is 36.1 Å². The second-order valence-corrected chi connectivity index (χ2v) is 10.1. The highest BCUT2D eigenvalue weighted by Gasteiger charge is 2.56. The fourth-order valence-electron chi connectivity index (χ4n) is 4.96. The van der Waals surface area contributed by atoms with Crippen LogP contribution in [0.5, 0.6) is 0 Å². The molecule has 41 heavy (non-hydrogen) atoms. The van der Waals surface area contributed by atoms with E-state index in [0.29, 0.717) is 59.6 Å². The molecule has 10 heteroatoms. The zero-order valence-electron chi connectivity index (χ0n) is 22.3. The third kappa shape index (κ3) is 5.01. The third-order valence-electron chi connectivity index (χ3n) is 7.41. The molecule has 1 saturated carbocycles. The number of para-hydroxylation sites is 1. The van der Waals surface area contributed by atoms with Crippen LogP contribution in [-0.4, -0.2) is 38.8 Å². The van der Waals surface area contributed by atoms with E-state index >= 15 is 0 Å². The molecule has 0 atom stereocenters. The first-order valence-electron chi connectivity index (χ1n) is 13.2. The normalized spacial score (nSPS) is 14.6. The lowest BCUT2D eigenvalue weighted by Gasteiger charge is -2.15. The summed E-state index contributed by atoms with van der Waals surface area (Å²) in [7, 11) is 1.89. The minimum absolute atomic E-state index is 0.101. The van der Waals surface area contributed by atoms with Crippen molar-refractivity contribution in [1.82, 2.24) is 19.9 Å². The number of nitrogens with zero attached hydrogens (tertiary/aromatic N) is 3. The molecule has 3 amide bonds. The van der Waals surface area contributed by atoms with Crippen LogP contribution in [0.3, 0.4) is 0 Å². The zero-order valence-corrected chi connectivity index (χ0v) is 22.3. The summed E-state index contributed by atoms with van der Waals surface area (Å²) in [5.41, 5.74) is 9.99. The quantitative estimate of drug-likeness (QED) is 0.224. The number of rotatable bonds is 5. The second-order valence-electron chi connectivity index (χ2n) is 10.1. The third-order valence-corrected chi connectivity index (χ3v) is 7.41. The summed E-state index contributed by atoms with van der Waals surface area (Å²) in [6.45, 7) is 0.577. The van der Waals surface area contributed by atoms with Crippen molar-refractivity contribution in [2.45, 2.75) is 19.3 Å². The Morgan fingerprint density at radius 3 is 2.46 bits per heavy atom. The van der Waals surface area contributed by atoms with Gasteiger partial charge in [0.1, 0.15) is 11.1 Å². The number of amides is 3. The molecule has 1 aliphatic carbocycles. The summed E-state index contributed by atoms with van der Waals surface area (Å²) in [6.07, 6.45) is 3.25. The fraction of sp³-hybridized carbons (Fsp3) is 0.194. The number of hydrogen-bond donors (Lipinski definition) is 4. The van der Waals surface area contributed by atoms with E-state index in [1.165, 1.54) is 0 Å². The van der Waals surface area contributed by atoms with Crippen molar-refractivity contribution in [3.8, 4) is 23.2 Å². The number of carbonyl (C=O) groups excluding carboxylic acids is 3. The Morgan fingerprint density at radius 1 is 1.00 bits per heavy atom. The number of fused-ring (bicyclic) bond motifs is 1. The largest absolute Gasteiger partial charge is 0.368 e. The number of hydrogen-bond acceptors (Lipinski definition) is 6. The smallest absolute Gasteiger partial charge is 0.253 e. The van der Waals surface area contributed by atoms with Gasteiger partial charge in [0.15, 0.2) is 0 Å². The van der Waals surface area contributed by atoms with Crippen LogP contribution < -0.4 is 21.7 Å². The maximum Gasteiger partial charge on any atom is 0.253 e. The van der Waals surface area contributed by atoms with Crippen molar-refractivity contribution < 1.29 is 14.4 Å². The average molecular weight is 546 g/mol. The van der Waals surface area contributed by atoms with Gasteiger partial charge < -0.3 is 26.3 Å². The lowest BCUT2D eigenvalue weighted by molar-refractivity contribution is -0.131. The van der Waals surface area contributed by atoms with Crippen LogP contribution in [0.15, 0.2) is 66.9 Å². The molecule has 2 aromatic heterocycles. The van der Waals surface area contributed by atoms with Crippen molar-refractivity contribution in [1.29, 1.82) is 0 Å². The number of nitrogens with two attached hydrogens (primary N) is 1. The van der Waals surface area contributed by atoms with Crippen LogP contribution in [0.4, 0.5) is 17.3 Å². The van der Waals surface area contributed by atoms with Gasteiger partial charge in [0, 0.05) is 48.8 Å². The Morgan fingerprint density at radius 2 is 1.73 bits per heavy atom. The first kappa shape index (κ1) is 25.8. The number of anilines is 3. The maximum absolute atomic E-state index is 13.1. The Hall–Kier alpha value is -5.43. The number of nitrogens with one attached hydrogen (secondary N) is 3. The zero-order chi connectivity index (χ0) is 28.6. The van der Waals surface area contributed by atoms with Crippen LogP contribution in [0.2, 0.25) is 0 Å². The minimum atomic E-state index is -1.08. The van der Waals surface area contributed by atoms with Gasteiger partial charge in [-0.15, -0.1) is 0 Å². The van der Waals surface area contributed by atoms with Gasteiger partial charge in [-0.05, 0) is 49.2 Å². The first-order valence-corrected chi connectivity index (χ1v) is 13.2. The average Bonchev–Trinajstić information content (AvgIpc) is 3.72. The standard InChI is InChI=1S/C31H27N7O3/c1-38-24-12-15-33-27(39)23(24)17-25(38)26-20(18-34-30(32)37-26)11-10-19-6-5-9-22(16-19)36-29(41)31(13-14-31)28(40)35-21-7-3-2-4-8-21/h2-9,16-18H,12-15H2,1H3,(H,33,39)(H,35,40)(H,36,41)(H2,32,34,37). The Balaban J connectivity index is 1.23. The summed E-state index contributed by atoms with van der Waals surface area (Å²) in [5.74, 6) is 5.56. The molecule has 0 radical (unpaired) electrons. The van der Waals surface area contributed by atoms with E-state index in [1.54, 1.807) is 42.6 Å². The van der Waals surface area contributed by atoms with Gasteiger partial charge in [0.2, 0.25) is 17.8 Å². The van der Waals surface area contributed by atoms with E-state index in [2.05, 4.69) is 37.8 Å². The van der Waals surface area contributed by atoms with Crippen LogP contribution in [0.25, 0.3) is 11.4 Å². The van der Waals surface area contributed by atoms with E-state index in [9.17, 15) is 14.4 Å². The monoisotopic (exact) mass is 545 g/mol. The van der Waals surface area contributed by atoms with Crippen molar-refractivity contribution in [2.75, 3.05) is 22.9 Å². The van der Waals surface area contributed by atoms with Gasteiger partial charge in [0.25, 0.3) is 5.91 Å². The summed E-state index contributed by atoms with van der Waals surface area (Å²) < 4.78 is 1.94. The van der Waals surface area contributed by atoms with E-state index in [-0.39, 0.29) is 23.7 Å². The van der Waals surface area contributed by atoms with Crippen molar-refractivity contribution in [3.05, 3.63) is 89.2 Å². The molecule has 3 heterocycles. The molecule has 10 nitrogen and oxygen atoms in total. The molecule has 0 spiro atoms. The van der Waals surface area contributed by atoms with Crippen molar-refractivity contribution >= 4 is 35.0 Å². The molecule has 5 N–H and O–H groups in total. The van der Waals surface area contributed by atoms with Crippen LogP contribution in [0, 0.1) is 17.3 Å². The molecular weight excluding hydrogens is 518 g/mol. The molecule has 2 aliphatic rings. The predicted molar refractivity (Wildman–Crippen MR) is 155 cm³/mol. The minimum Gasteiger partial charge on any atom is -0.368 e. The first-order chi connectivity index (χ1) is 19.8. The molecule has 4 aromatic rings. The van der Waals surface area contributed by atoms with Crippen molar-refractivity contribution in [2.24, 2.45) is 12.5 Å². The molecule has 204 valence electrons. The molecule has 0 saturated heterocycles. The molecule has 0 bridgehead atoms. The highest BCUT2D eigenvalue weighted by atomic mass is 16.2. The Bertz CT molecular complexity index is 1760. The predicted octanol–water partition coefficient (Wildman–Crippen LogP) is 3.11. The van der Waals surface area contributed by atoms with Gasteiger partial charge in [0.05, 0.1) is 16.8 Å². The SMILES string of the molecule is Cn1c(-c2nc(N)ncc2C#Cc2cccc(NC(=O)C3(C(=O)Nc4ccccc4)CC3)c2)cc2c1CCNC2=O. The lowest BCUT2D eigenvalue weighted by atomic mass is 10.0. The van der Waals surface area contributed by atoms with E-state index in [4.69, 9.17) is 5.73 Å². The van der Waals surface area contributed by atoms with E-state index < -0.39 is 5.41 Å². The lowest BCUT2D eigenvalue weighted by Crippen LogP contribution is -2.35. The Labute approximate surface area is 236 Å². The highest BCUT2D eigenvalue weighted by Crippen LogP contribution is 2.47. The number of benzene rings is 2. The van der Waals surface area contributed by atoms with Crippen LogP contribution in [0.1, 0.15) is 40.0 Å². The molecule has 1 fully saturated rings. The molecular formula is C31H27N7O3. The summed E-state index contributed by atoms with van der Waals surface area (Å²) in [5, 5.41) is 8.59. The Kier molecular flexibility index (Phi) is 6.47. The number of aromatic nitrogens is 3. The van der Waals surface area contributed by atoms with Gasteiger partial charge in [-0.3, -0.25) is 14.4 Å². The topological polar surface area (TPSA) is 144 Å². The van der Waals surface area contributed by atoms with Crippen LogP contribution >= 0.6 is 0 Å². The van der Waals surface area contributed by atoms with Gasteiger partial charge in [-0.25, -0.2) is 9.97 Å². The molecule has 2 aromatic carbocycles. The van der Waals surface area contributed by atoms with Gasteiger partial charge in [-0.2, -0.15) is 0 Å². The van der Waals surface area contributed by atoms with E-state index in [1.807, 2.05) is 35.9 Å². The van der Waals surface area contributed by atoms with Crippen LogP contribution in [-0.2, 0) is 23.1 Å². The summed E-state index contributed by atoms with van der Waals surface area (Å²) in [4.78, 5) is 47.0.